The predicted molar refractivity (Wildman–Crippen MR) is 91.6 cm³/mol. The van der Waals surface area contributed by atoms with E-state index < -0.39 is 0 Å². The molecule has 0 aliphatic carbocycles. The molecule has 3 saturated heterocycles. The second-order valence-electron chi connectivity index (χ2n) is 6.63. The molecule has 1 aromatic carbocycles. The standard InChI is InChI=1S/C18H20N2O2S/c1-12(21)19-9-13-6-7-15(11-19)20(10-13)18(22)17-8-14-4-2-3-5-16(14)23-17/h2-5,8,13,15H,6-7,9-11H2,1H3/t13-,15+/m1/s1. The van der Waals surface area contributed by atoms with Crippen molar-refractivity contribution in [3.63, 3.8) is 0 Å². The van der Waals surface area contributed by atoms with Crippen molar-refractivity contribution in [2.75, 3.05) is 19.6 Å². The Morgan fingerprint density at radius 2 is 1.96 bits per heavy atom. The largest absolute Gasteiger partial charge is 0.341 e. The van der Waals surface area contributed by atoms with E-state index in [0.717, 1.165) is 40.9 Å². The van der Waals surface area contributed by atoms with E-state index in [1.165, 1.54) is 0 Å². The van der Waals surface area contributed by atoms with Crippen LogP contribution in [0.3, 0.4) is 0 Å². The molecule has 3 fully saturated rings. The summed E-state index contributed by atoms with van der Waals surface area (Å²) in [5.41, 5.74) is 0. The Morgan fingerprint density at radius 3 is 2.74 bits per heavy atom. The highest BCUT2D eigenvalue weighted by molar-refractivity contribution is 7.20. The molecule has 2 aromatic rings. The number of hydrogen-bond donors (Lipinski definition) is 0. The van der Waals surface area contributed by atoms with Gasteiger partial charge in [0.05, 0.1) is 4.88 Å². The van der Waals surface area contributed by atoms with E-state index in [1.807, 2.05) is 28.0 Å². The maximum absolute atomic E-state index is 13.0. The van der Waals surface area contributed by atoms with Gasteiger partial charge < -0.3 is 9.80 Å². The van der Waals surface area contributed by atoms with Crippen LogP contribution in [0.5, 0.6) is 0 Å². The van der Waals surface area contributed by atoms with Crippen LogP contribution < -0.4 is 0 Å². The summed E-state index contributed by atoms with van der Waals surface area (Å²) in [7, 11) is 0. The normalized spacial score (nSPS) is 24.0. The number of thiophene rings is 1. The summed E-state index contributed by atoms with van der Waals surface area (Å²) in [6, 6.07) is 10.3. The molecule has 3 aliphatic rings. The number of benzene rings is 1. The molecule has 5 heteroatoms. The molecule has 5 rings (SSSR count). The van der Waals surface area contributed by atoms with Gasteiger partial charge in [0.1, 0.15) is 0 Å². The van der Waals surface area contributed by atoms with Gasteiger partial charge in [-0.15, -0.1) is 11.3 Å². The zero-order chi connectivity index (χ0) is 16.0. The molecule has 4 heterocycles. The van der Waals surface area contributed by atoms with E-state index in [9.17, 15) is 9.59 Å². The van der Waals surface area contributed by atoms with Crippen LogP contribution in [-0.2, 0) is 4.79 Å². The van der Waals surface area contributed by atoms with Gasteiger partial charge in [-0.25, -0.2) is 0 Å². The zero-order valence-corrected chi connectivity index (χ0v) is 14.0. The summed E-state index contributed by atoms with van der Waals surface area (Å²) < 4.78 is 1.15. The average Bonchev–Trinajstić information content (AvgIpc) is 2.76. The third kappa shape index (κ3) is 2.63. The zero-order valence-electron chi connectivity index (χ0n) is 13.2. The molecule has 2 amide bonds. The SMILES string of the molecule is CC(=O)N1C[C@H]2CC[C@@H](C1)N(C(=O)c1cc3ccccc3s1)C2. The van der Waals surface area contributed by atoms with Crippen LogP contribution in [0.1, 0.15) is 29.4 Å². The summed E-state index contributed by atoms with van der Waals surface area (Å²) in [5.74, 6) is 0.667. The lowest BCUT2D eigenvalue weighted by Crippen LogP contribution is -2.47. The quantitative estimate of drug-likeness (QED) is 0.807. The lowest BCUT2D eigenvalue weighted by molar-refractivity contribution is -0.129. The fourth-order valence-electron chi connectivity index (χ4n) is 3.82. The van der Waals surface area contributed by atoms with E-state index in [4.69, 9.17) is 0 Å². The van der Waals surface area contributed by atoms with Gasteiger partial charge in [0.25, 0.3) is 5.91 Å². The predicted octanol–water partition coefficient (Wildman–Crippen LogP) is 2.98. The van der Waals surface area contributed by atoms with Crippen LogP contribution in [0.15, 0.2) is 30.3 Å². The van der Waals surface area contributed by atoms with E-state index in [2.05, 4.69) is 12.1 Å². The monoisotopic (exact) mass is 328 g/mol. The Morgan fingerprint density at radius 1 is 1.13 bits per heavy atom. The number of nitrogens with zero attached hydrogens (tertiary/aromatic N) is 2. The lowest BCUT2D eigenvalue weighted by atomic mass is 9.95. The highest BCUT2D eigenvalue weighted by Crippen LogP contribution is 2.32. The fourth-order valence-corrected chi connectivity index (χ4v) is 4.84. The second kappa shape index (κ2) is 5.64. The van der Waals surface area contributed by atoms with Gasteiger partial charge in [0.15, 0.2) is 0 Å². The molecule has 2 bridgehead atoms. The highest BCUT2D eigenvalue weighted by atomic mass is 32.1. The Kier molecular flexibility index (Phi) is 3.60. The van der Waals surface area contributed by atoms with Crippen molar-refractivity contribution in [1.29, 1.82) is 0 Å². The minimum atomic E-state index is 0.123. The molecular weight excluding hydrogens is 308 g/mol. The smallest absolute Gasteiger partial charge is 0.264 e. The molecule has 3 aliphatic heterocycles. The molecule has 2 atom stereocenters. The summed E-state index contributed by atoms with van der Waals surface area (Å²) in [4.78, 5) is 29.5. The van der Waals surface area contributed by atoms with Gasteiger partial charge in [0.2, 0.25) is 5.91 Å². The Bertz CT molecular complexity index is 736. The number of carbonyl (C=O) groups is 2. The number of fused-ring (bicyclic) bond motifs is 5. The number of amides is 2. The van der Waals surface area contributed by atoms with Crippen molar-refractivity contribution >= 4 is 33.2 Å². The molecule has 0 N–H and O–H groups in total. The van der Waals surface area contributed by atoms with Crippen molar-refractivity contribution in [3.8, 4) is 0 Å². The molecule has 1 aromatic heterocycles. The van der Waals surface area contributed by atoms with E-state index in [-0.39, 0.29) is 17.9 Å². The molecule has 0 radical (unpaired) electrons. The molecule has 0 saturated carbocycles. The van der Waals surface area contributed by atoms with Crippen molar-refractivity contribution in [1.82, 2.24) is 9.80 Å². The van der Waals surface area contributed by atoms with E-state index in [0.29, 0.717) is 12.5 Å². The summed E-state index contributed by atoms with van der Waals surface area (Å²) in [5, 5.41) is 1.13. The first kappa shape index (κ1) is 14.7. The van der Waals surface area contributed by atoms with Crippen LogP contribution in [0, 0.1) is 5.92 Å². The van der Waals surface area contributed by atoms with Gasteiger partial charge in [-0.1, -0.05) is 18.2 Å². The van der Waals surface area contributed by atoms with E-state index >= 15 is 0 Å². The van der Waals surface area contributed by atoms with Crippen LogP contribution >= 0.6 is 11.3 Å². The van der Waals surface area contributed by atoms with Crippen LogP contribution in [0.25, 0.3) is 10.1 Å². The number of rotatable bonds is 1. The number of carbonyl (C=O) groups excluding carboxylic acids is 2. The van der Waals surface area contributed by atoms with Crippen molar-refractivity contribution < 1.29 is 9.59 Å². The van der Waals surface area contributed by atoms with Crippen molar-refractivity contribution in [3.05, 3.63) is 35.2 Å². The van der Waals surface area contributed by atoms with Crippen LogP contribution in [0.4, 0.5) is 0 Å². The Hall–Kier alpha value is -1.88. The van der Waals surface area contributed by atoms with Crippen molar-refractivity contribution in [2.24, 2.45) is 5.92 Å². The number of piperidine rings is 1. The summed E-state index contributed by atoms with van der Waals surface area (Å²) in [6.07, 6.45) is 2.12. The van der Waals surface area contributed by atoms with Gasteiger partial charge in [-0.05, 0) is 36.3 Å². The molecule has 23 heavy (non-hydrogen) atoms. The second-order valence-corrected chi connectivity index (χ2v) is 7.71. The minimum absolute atomic E-state index is 0.123. The lowest BCUT2D eigenvalue weighted by Gasteiger charge is -2.35. The molecule has 120 valence electrons. The Balaban J connectivity index is 1.62. The summed E-state index contributed by atoms with van der Waals surface area (Å²) >= 11 is 1.57. The van der Waals surface area contributed by atoms with Gasteiger partial charge in [0, 0.05) is 37.3 Å². The fraction of sp³-hybridized carbons (Fsp3) is 0.444. The Labute approximate surface area is 139 Å². The summed E-state index contributed by atoms with van der Waals surface area (Å²) in [6.45, 7) is 3.88. The van der Waals surface area contributed by atoms with Gasteiger partial charge >= 0.3 is 0 Å². The minimum Gasteiger partial charge on any atom is -0.341 e. The molecular formula is C18H20N2O2S. The van der Waals surface area contributed by atoms with Gasteiger partial charge in [-0.2, -0.15) is 0 Å². The maximum Gasteiger partial charge on any atom is 0.264 e. The number of hydrogen-bond acceptors (Lipinski definition) is 3. The molecule has 4 nitrogen and oxygen atoms in total. The first-order valence-corrected chi connectivity index (χ1v) is 8.98. The average molecular weight is 328 g/mol. The first-order valence-electron chi connectivity index (χ1n) is 8.17. The third-order valence-corrected chi connectivity index (χ3v) is 6.16. The van der Waals surface area contributed by atoms with E-state index in [1.54, 1.807) is 18.3 Å². The van der Waals surface area contributed by atoms with Crippen LogP contribution in [0.2, 0.25) is 0 Å². The van der Waals surface area contributed by atoms with Crippen LogP contribution in [-0.4, -0.2) is 47.3 Å². The topological polar surface area (TPSA) is 40.6 Å². The van der Waals surface area contributed by atoms with Crippen molar-refractivity contribution in [2.45, 2.75) is 25.8 Å². The third-order valence-electron chi connectivity index (χ3n) is 5.06. The molecule has 0 unspecified atom stereocenters. The highest BCUT2D eigenvalue weighted by Gasteiger charge is 2.38. The van der Waals surface area contributed by atoms with Gasteiger partial charge in [-0.3, -0.25) is 9.59 Å². The maximum atomic E-state index is 13.0. The molecule has 0 spiro atoms. The first-order chi connectivity index (χ1) is 11.1.